The number of carbonyl (C=O) groups is 1. The van der Waals surface area contributed by atoms with Gasteiger partial charge in [0.2, 0.25) is 0 Å². The number of aromatic hydroxyl groups is 2. The summed E-state index contributed by atoms with van der Waals surface area (Å²) in [5.41, 5.74) is 0.259. The van der Waals surface area contributed by atoms with Gasteiger partial charge in [-0.1, -0.05) is 84.0 Å². The van der Waals surface area contributed by atoms with E-state index >= 15 is 0 Å². The number of carbonyl (C=O) groups excluding carboxylic acids is 1. The molecule has 1 aromatic carbocycles. The van der Waals surface area contributed by atoms with E-state index in [-0.39, 0.29) is 17.1 Å². The summed E-state index contributed by atoms with van der Waals surface area (Å²) in [6.07, 6.45) is 16.7. The summed E-state index contributed by atoms with van der Waals surface area (Å²) in [7, 11) is 0. The van der Waals surface area contributed by atoms with E-state index in [0.717, 1.165) is 12.8 Å². The van der Waals surface area contributed by atoms with Crippen LogP contribution in [-0.2, 0) is 4.74 Å². The molecule has 2 N–H and O–H groups in total. The fourth-order valence-corrected chi connectivity index (χ4v) is 3.02. The van der Waals surface area contributed by atoms with Gasteiger partial charge in [0.25, 0.3) is 0 Å². The van der Waals surface area contributed by atoms with E-state index in [1.807, 2.05) is 0 Å². The first-order chi connectivity index (χ1) is 12.6. The third kappa shape index (κ3) is 10.3. The molecule has 0 atom stereocenters. The largest absolute Gasteiger partial charge is 0.504 e. The van der Waals surface area contributed by atoms with Crippen LogP contribution in [0.1, 0.15) is 101 Å². The van der Waals surface area contributed by atoms with E-state index in [1.165, 1.54) is 88.8 Å². The van der Waals surface area contributed by atoms with Crippen molar-refractivity contribution in [3.05, 3.63) is 23.8 Å². The van der Waals surface area contributed by atoms with Crippen molar-refractivity contribution in [1.82, 2.24) is 0 Å². The van der Waals surface area contributed by atoms with Gasteiger partial charge < -0.3 is 14.9 Å². The molecule has 0 saturated carbocycles. The van der Waals surface area contributed by atoms with Crippen LogP contribution in [0.3, 0.4) is 0 Å². The molecule has 0 fully saturated rings. The van der Waals surface area contributed by atoms with Crippen LogP contribution in [-0.4, -0.2) is 22.8 Å². The molecule has 0 heterocycles. The third-order valence-electron chi connectivity index (χ3n) is 4.69. The molecule has 0 unspecified atom stereocenters. The molecule has 26 heavy (non-hydrogen) atoms. The summed E-state index contributed by atoms with van der Waals surface area (Å²) in [5.74, 6) is -1.00. The number of phenolic OH excluding ortho intramolecular Hbond substituents is 2. The van der Waals surface area contributed by atoms with Gasteiger partial charge in [-0.25, -0.2) is 4.79 Å². The van der Waals surface area contributed by atoms with E-state index in [4.69, 9.17) is 4.74 Å². The first-order valence-corrected chi connectivity index (χ1v) is 10.3. The van der Waals surface area contributed by atoms with Crippen LogP contribution in [0.25, 0.3) is 0 Å². The zero-order valence-electron chi connectivity index (χ0n) is 16.3. The molecule has 0 bridgehead atoms. The molecule has 0 aliphatic carbocycles. The number of hydrogen-bond acceptors (Lipinski definition) is 4. The zero-order valence-corrected chi connectivity index (χ0v) is 16.3. The van der Waals surface area contributed by atoms with Gasteiger partial charge in [-0.3, -0.25) is 0 Å². The minimum Gasteiger partial charge on any atom is -0.504 e. The molecule has 0 aliphatic rings. The second kappa shape index (κ2) is 14.5. The number of benzene rings is 1. The molecule has 1 aromatic rings. The fraction of sp³-hybridized carbons (Fsp3) is 0.682. The van der Waals surface area contributed by atoms with Gasteiger partial charge in [-0.2, -0.15) is 0 Å². The van der Waals surface area contributed by atoms with Gasteiger partial charge in [0.05, 0.1) is 12.2 Å². The van der Waals surface area contributed by atoms with E-state index < -0.39 is 5.97 Å². The average Bonchev–Trinajstić information content (AvgIpc) is 2.64. The lowest BCUT2D eigenvalue weighted by Gasteiger charge is -2.06. The van der Waals surface area contributed by atoms with Crippen LogP contribution in [0.5, 0.6) is 11.5 Å². The van der Waals surface area contributed by atoms with Crippen molar-refractivity contribution in [2.24, 2.45) is 0 Å². The van der Waals surface area contributed by atoms with Crippen molar-refractivity contribution in [1.29, 1.82) is 0 Å². The summed E-state index contributed by atoms with van der Waals surface area (Å²) in [5, 5.41) is 18.6. The van der Waals surface area contributed by atoms with Crippen LogP contribution < -0.4 is 0 Å². The Morgan fingerprint density at radius 3 is 1.77 bits per heavy atom. The standard InChI is InChI=1S/C22H36O4/c1-2-3-4-5-6-7-8-9-10-11-12-13-14-17-26-22(25)19-15-16-20(23)21(24)18-19/h15-16,18,23-24H,2-14,17H2,1H3. The topological polar surface area (TPSA) is 66.8 Å². The maximum absolute atomic E-state index is 11.8. The van der Waals surface area contributed by atoms with E-state index in [0.29, 0.717) is 6.61 Å². The summed E-state index contributed by atoms with van der Waals surface area (Å²) in [4.78, 5) is 11.8. The predicted molar refractivity (Wildman–Crippen MR) is 106 cm³/mol. The lowest BCUT2D eigenvalue weighted by molar-refractivity contribution is 0.0497. The number of ether oxygens (including phenoxy) is 1. The highest BCUT2D eigenvalue weighted by molar-refractivity contribution is 5.90. The maximum atomic E-state index is 11.8. The van der Waals surface area contributed by atoms with Crippen LogP contribution in [0.15, 0.2) is 18.2 Å². The molecule has 0 radical (unpaired) electrons. The van der Waals surface area contributed by atoms with E-state index in [1.54, 1.807) is 0 Å². The predicted octanol–water partition coefficient (Wildman–Crippen LogP) is 6.35. The van der Waals surface area contributed by atoms with Crippen molar-refractivity contribution in [2.45, 2.75) is 90.4 Å². The third-order valence-corrected chi connectivity index (χ3v) is 4.69. The fourth-order valence-electron chi connectivity index (χ4n) is 3.02. The highest BCUT2D eigenvalue weighted by atomic mass is 16.5. The van der Waals surface area contributed by atoms with Crippen molar-refractivity contribution >= 4 is 5.97 Å². The van der Waals surface area contributed by atoms with Crippen molar-refractivity contribution in [3.63, 3.8) is 0 Å². The first-order valence-electron chi connectivity index (χ1n) is 10.3. The normalized spacial score (nSPS) is 10.8. The van der Waals surface area contributed by atoms with Gasteiger partial charge in [0.1, 0.15) is 0 Å². The highest BCUT2D eigenvalue weighted by Crippen LogP contribution is 2.25. The lowest BCUT2D eigenvalue weighted by atomic mass is 10.0. The highest BCUT2D eigenvalue weighted by Gasteiger charge is 2.09. The molecule has 0 aromatic heterocycles. The second-order valence-corrected chi connectivity index (χ2v) is 7.08. The van der Waals surface area contributed by atoms with Gasteiger partial charge in [0.15, 0.2) is 11.5 Å². The summed E-state index contributed by atoms with van der Waals surface area (Å²) < 4.78 is 5.19. The number of unbranched alkanes of at least 4 members (excludes halogenated alkanes) is 12. The van der Waals surface area contributed by atoms with Crippen LogP contribution in [0.4, 0.5) is 0 Å². The molecule has 0 saturated heterocycles. The number of phenols is 2. The Bertz CT molecular complexity index is 499. The average molecular weight is 365 g/mol. The smallest absolute Gasteiger partial charge is 0.338 e. The molecule has 4 heteroatoms. The SMILES string of the molecule is CCCCCCCCCCCCCCCOC(=O)c1ccc(O)c(O)c1. The molecular formula is C22H36O4. The molecule has 0 aliphatic heterocycles. The maximum Gasteiger partial charge on any atom is 0.338 e. The summed E-state index contributed by atoms with van der Waals surface area (Å²) >= 11 is 0. The Balaban J connectivity index is 1.90. The Kier molecular flexibility index (Phi) is 12.4. The van der Waals surface area contributed by atoms with Crippen LogP contribution in [0.2, 0.25) is 0 Å². The zero-order chi connectivity index (χ0) is 19.0. The Labute approximate surface area is 158 Å². The minimum atomic E-state index is -0.459. The second-order valence-electron chi connectivity index (χ2n) is 7.08. The molecule has 0 spiro atoms. The minimum absolute atomic E-state index is 0.238. The Morgan fingerprint density at radius 2 is 1.27 bits per heavy atom. The monoisotopic (exact) mass is 364 g/mol. The summed E-state index contributed by atoms with van der Waals surface area (Å²) in [6.45, 7) is 2.66. The van der Waals surface area contributed by atoms with E-state index in [9.17, 15) is 15.0 Å². The van der Waals surface area contributed by atoms with Gasteiger partial charge in [0, 0.05) is 0 Å². The Hall–Kier alpha value is -1.71. The van der Waals surface area contributed by atoms with Crippen molar-refractivity contribution in [2.75, 3.05) is 6.61 Å². The molecular weight excluding hydrogens is 328 g/mol. The van der Waals surface area contributed by atoms with Crippen LogP contribution >= 0.6 is 0 Å². The first kappa shape index (κ1) is 22.3. The number of esters is 1. The molecule has 1 rings (SSSR count). The lowest BCUT2D eigenvalue weighted by Crippen LogP contribution is -2.06. The van der Waals surface area contributed by atoms with E-state index in [2.05, 4.69) is 6.92 Å². The van der Waals surface area contributed by atoms with Crippen molar-refractivity contribution in [3.8, 4) is 11.5 Å². The molecule has 148 valence electrons. The van der Waals surface area contributed by atoms with Crippen LogP contribution in [0, 0.1) is 0 Å². The van der Waals surface area contributed by atoms with Gasteiger partial charge in [-0.05, 0) is 24.6 Å². The number of hydrogen-bond donors (Lipinski definition) is 2. The summed E-state index contributed by atoms with van der Waals surface area (Å²) in [6, 6.07) is 3.96. The number of rotatable bonds is 15. The molecule has 0 amide bonds. The van der Waals surface area contributed by atoms with Gasteiger partial charge >= 0.3 is 5.97 Å². The Morgan fingerprint density at radius 1 is 0.769 bits per heavy atom. The van der Waals surface area contributed by atoms with Gasteiger partial charge in [-0.15, -0.1) is 0 Å². The molecule has 4 nitrogen and oxygen atoms in total. The van der Waals surface area contributed by atoms with Crippen molar-refractivity contribution < 1.29 is 19.7 Å². The quantitative estimate of drug-likeness (QED) is 0.216.